The minimum Gasteiger partial charge on any atom is -0.384 e. The number of nitrogens with one attached hydrogen (secondary N) is 1. The predicted octanol–water partition coefficient (Wildman–Crippen LogP) is -0.191. The summed E-state index contributed by atoms with van der Waals surface area (Å²) in [7, 11) is -4.16. The zero-order valence-corrected chi connectivity index (χ0v) is 13.3. The molecule has 1 aromatic rings. The Morgan fingerprint density at radius 2 is 2.00 bits per heavy atom. The van der Waals surface area contributed by atoms with Gasteiger partial charge < -0.3 is 10.6 Å². The second kappa shape index (κ2) is 6.67. The van der Waals surface area contributed by atoms with E-state index in [-0.39, 0.29) is 16.5 Å². The lowest BCUT2D eigenvalue weighted by atomic mass is 10.2. The van der Waals surface area contributed by atoms with Crippen molar-refractivity contribution in [2.24, 2.45) is 5.73 Å². The van der Waals surface area contributed by atoms with Gasteiger partial charge in [-0.15, -0.1) is 0 Å². The Bertz CT molecular complexity index is 648. The lowest BCUT2D eigenvalue weighted by Crippen LogP contribution is -2.40. The molecule has 0 atom stereocenters. The third-order valence-corrected chi connectivity index (χ3v) is 6.42. The van der Waals surface area contributed by atoms with Gasteiger partial charge in [0.05, 0.1) is 10.6 Å². The quantitative estimate of drug-likeness (QED) is 0.575. The summed E-state index contributed by atoms with van der Waals surface area (Å²) in [4.78, 5) is 2.21. The number of amidine groups is 1. The van der Waals surface area contributed by atoms with Crippen molar-refractivity contribution in [2.75, 3.05) is 36.9 Å². The van der Waals surface area contributed by atoms with Crippen molar-refractivity contribution in [3.8, 4) is 0 Å². The summed E-state index contributed by atoms with van der Waals surface area (Å²) in [5.41, 5.74) is 5.79. The molecule has 0 aliphatic carbocycles. The first kappa shape index (κ1) is 16.1. The molecule has 6 nitrogen and oxygen atoms in total. The molecule has 0 amide bonds. The molecular formula is C13H19N3O3S2. The first-order valence-electron chi connectivity index (χ1n) is 6.63. The maximum Gasteiger partial charge on any atom is 0.179 e. The molecule has 1 aliphatic rings. The Hall–Kier alpha value is -1.25. The van der Waals surface area contributed by atoms with Crippen LogP contribution in [0, 0.1) is 5.41 Å². The van der Waals surface area contributed by atoms with Crippen molar-refractivity contribution in [3.05, 3.63) is 29.8 Å². The molecular weight excluding hydrogens is 310 g/mol. The van der Waals surface area contributed by atoms with Crippen molar-refractivity contribution >= 4 is 26.5 Å². The fourth-order valence-corrected chi connectivity index (χ4v) is 4.58. The Morgan fingerprint density at radius 1 is 1.33 bits per heavy atom. The summed E-state index contributed by atoms with van der Waals surface area (Å²) >= 11 is 0. The van der Waals surface area contributed by atoms with Crippen LogP contribution in [0.1, 0.15) is 5.56 Å². The van der Waals surface area contributed by atoms with Crippen molar-refractivity contribution in [2.45, 2.75) is 4.90 Å². The number of nitrogens with two attached hydrogens (primary N) is 1. The van der Waals surface area contributed by atoms with Gasteiger partial charge >= 0.3 is 0 Å². The first-order chi connectivity index (χ1) is 9.88. The summed E-state index contributed by atoms with van der Waals surface area (Å²) in [5, 5.41) is 7.36. The van der Waals surface area contributed by atoms with E-state index in [4.69, 9.17) is 11.1 Å². The SMILES string of the molecule is N=C(N)c1cccc(S(=O)(=O)CCN2CCS(=O)CC2)c1. The molecule has 116 valence electrons. The van der Waals surface area contributed by atoms with Gasteiger partial charge in [0.1, 0.15) is 5.84 Å². The van der Waals surface area contributed by atoms with Crippen molar-refractivity contribution in [1.29, 1.82) is 5.41 Å². The van der Waals surface area contributed by atoms with Gasteiger partial charge in [0.25, 0.3) is 0 Å². The van der Waals surface area contributed by atoms with Gasteiger partial charge in [-0.25, -0.2) is 8.42 Å². The minimum atomic E-state index is -3.40. The van der Waals surface area contributed by atoms with Gasteiger partial charge in [0.15, 0.2) is 9.84 Å². The van der Waals surface area contributed by atoms with Crippen LogP contribution in [0.5, 0.6) is 0 Å². The molecule has 8 heteroatoms. The van der Waals surface area contributed by atoms with Crippen LogP contribution in [0.2, 0.25) is 0 Å². The summed E-state index contributed by atoms with van der Waals surface area (Å²) < 4.78 is 35.9. The normalized spacial score (nSPS) is 17.7. The van der Waals surface area contributed by atoms with E-state index in [0.29, 0.717) is 36.7 Å². The lowest BCUT2D eigenvalue weighted by Gasteiger charge is -2.25. The number of rotatable bonds is 5. The molecule has 0 bridgehead atoms. The minimum absolute atomic E-state index is 0.0149. The van der Waals surface area contributed by atoms with E-state index < -0.39 is 20.6 Å². The number of nitrogen functional groups attached to an aromatic ring is 1. The van der Waals surface area contributed by atoms with E-state index in [1.165, 1.54) is 12.1 Å². The maximum absolute atomic E-state index is 12.3. The standard InChI is InChI=1S/C13H19N3O3S2/c14-13(15)11-2-1-3-12(10-11)21(18,19)9-6-16-4-7-20(17)8-5-16/h1-3,10H,4-9H2,(H3,14,15). The Morgan fingerprint density at radius 3 is 2.62 bits per heavy atom. The molecule has 1 saturated heterocycles. The fraction of sp³-hybridized carbons (Fsp3) is 0.462. The number of hydrogen-bond acceptors (Lipinski definition) is 5. The Balaban J connectivity index is 2.03. The highest BCUT2D eigenvalue weighted by Crippen LogP contribution is 2.14. The molecule has 2 rings (SSSR count). The lowest BCUT2D eigenvalue weighted by molar-refractivity contribution is 0.317. The highest BCUT2D eigenvalue weighted by molar-refractivity contribution is 7.91. The zero-order valence-electron chi connectivity index (χ0n) is 11.6. The Labute approximate surface area is 127 Å². The third kappa shape index (κ3) is 4.36. The first-order valence-corrected chi connectivity index (χ1v) is 9.77. The molecule has 3 N–H and O–H groups in total. The topological polar surface area (TPSA) is 104 Å². The monoisotopic (exact) mass is 329 g/mol. The second-order valence-electron chi connectivity index (χ2n) is 4.95. The van der Waals surface area contributed by atoms with Gasteiger partial charge in [0.2, 0.25) is 0 Å². The average Bonchev–Trinajstić information content (AvgIpc) is 2.47. The predicted molar refractivity (Wildman–Crippen MR) is 83.8 cm³/mol. The van der Waals surface area contributed by atoms with Crippen LogP contribution in [-0.4, -0.2) is 60.3 Å². The average molecular weight is 329 g/mol. The largest absolute Gasteiger partial charge is 0.384 e. The van der Waals surface area contributed by atoms with Gasteiger partial charge in [-0.2, -0.15) is 0 Å². The van der Waals surface area contributed by atoms with E-state index in [9.17, 15) is 12.6 Å². The van der Waals surface area contributed by atoms with E-state index in [1.807, 2.05) is 4.90 Å². The van der Waals surface area contributed by atoms with Crippen molar-refractivity contribution in [1.82, 2.24) is 4.90 Å². The van der Waals surface area contributed by atoms with Crippen molar-refractivity contribution < 1.29 is 12.6 Å². The molecule has 1 aliphatic heterocycles. The molecule has 0 spiro atoms. The highest BCUT2D eigenvalue weighted by atomic mass is 32.2. The number of nitrogens with zero attached hydrogens (tertiary/aromatic N) is 1. The number of sulfone groups is 1. The van der Waals surface area contributed by atoms with E-state index in [1.54, 1.807) is 12.1 Å². The molecule has 0 aromatic heterocycles. The van der Waals surface area contributed by atoms with E-state index in [2.05, 4.69) is 0 Å². The van der Waals surface area contributed by atoms with Gasteiger partial charge in [-0.3, -0.25) is 9.62 Å². The molecule has 0 unspecified atom stereocenters. The van der Waals surface area contributed by atoms with Gasteiger partial charge in [-0.1, -0.05) is 12.1 Å². The maximum atomic E-state index is 12.3. The summed E-state index contributed by atoms with van der Waals surface area (Å²) in [6.07, 6.45) is 0. The number of benzene rings is 1. The van der Waals surface area contributed by atoms with E-state index in [0.717, 1.165) is 0 Å². The molecule has 1 fully saturated rings. The molecule has 0 radical (unpaired) electrons. The van der Waals surface area contributed by atoms with Crippen LogP contribution in [0.15, 0.2) is 29.2 Å². The number of hydrogen-bond donors (Lipinski definition) is 2. The Kier molecular flexibility index (Phi) is 5.13. The van der Waals surface area contributed by atoms with Crippen LogP contribution in [0.3, 0.4) is 0 Å². The van der Waals surface area contributed by atoms with Crippen LogP contribution in [0.25, 0.3) is 0 Å². The molecule has 0 saturated carbocycles. The zero-order chi connectivity index (χ0) is 15.5. The second-order valence-corrected chi connectivity index (χ2v) is 8.76. The smallest absolute Gasteiger partial charge is 0.179 e. The summed E-state index contributed by atoms with van der Waals surface area (Å²) in [6, 6.07) is 6.16. The van der Waals surface area contributed by atoms with Crippen LogP contribution < -0.4 is 5.73 Å². The van der Waals surface area contributed by atoms with Gasteiger partial charge in [0, 0.05) is 47.5 Å². The highest BCUT2D eigenvalue weighted by Gasteiger charge is 2.20. The van der Waals surface area contributed by atoms with E-state index >= 15 is 0 Å². The van der Waals surface area contributed by atoms with Crippen molar-refractivity contribution in [3.63, 3.8) is 0 Å². The summed E-state index contributed by atoms with van der Waals surface area (Å²) in [5.74, 6) is 1.09. The third-order valence-electron chi connectivity index (χ3n) is 3.45. The van der Waals surface area contributed by atoms with Crippen LogP contribution in [0.4, 0.5) is 0 Å². The fourth-order valence-electron chi connectivity index (χ4n) is 2.12. The molecule has 21 heavy (non-hydrogen) atoms. The van der Waals surface area contributed by atoms with Crippen LogP contribution in [-0.2, 0) is 20.6 Å². The van der Waals surface area contributed by atoms with Gasteiger partial charge in [-0.05, 0) is 12.1 Å². The molecule has 1 heterocycles. The molecule has 1 aromatic carbocycles. The summed E-state index contributed by atoms with van der Waals surface area (Å²) in [6.45, 7) is 1.79. The van der Waals surface area contributed by atoms with Crippen LogP contribution >= 0.6 is 0 Å².